The molecule has 1 aliphatic carbocycles. The second-order valence-electron chi connectivity index (χ2n) is 5.77. The van der Waals surface area contributed by atoms with E-state index in [-0.39, 0.29) is 0 Å². The van der Waals surface area contributed by atoms with E-state index in [1.54, 1.807) is 12.1 Å². The summed E-state index contributed by atoms with van der Waals surface area (Å²) in [4.78, 5) is 11.3. The van der Waals surface area contributed by atoms with Crippen molar-refractivity contribution in [2.24, 2.45) is 0 Å². The summed E-state index contributed by atoms with van der Waals surface area (Å²) in [7, 11) is 0. The van der Waals surface area contributed by atoms with Gasteiger partial charge in [0.25, 0.3) is 0 Å². The van der Waals surface area contributed by atoms with Crippen LogP contribution in [-0.2, 0) is 0 Å². The molecule has 0 spiro atoms. The Bertz CT molecular complexity index is 643. The van der Waals surface area contributed by atoms with Gasteiger partial charge in [0, 0.05) is 0 Å². The molecule has 0 heterocycles. The van der Waals surface area contributed by atoms with Crippen LogP contribution in [-0.4, -0.2) is 11.1 Å². The predicted octanol–water partition coefficient (Wildman–Crippen LogP) is 1.56. The van der Waals surface area contributed by atoms with Gasteiger partial charge in [-0.15, -0.1) is 0 Å². The van der Waals surface area contributed by atoms with E-state index >= 15 is 0 Å². The van der Waals surface area contributed by atoms with Crippen LogP contribution in [0.1, 0.15) is 53.9 Å². The second-order valence-corrected chi connectivity index (χ2v) is 8.71. The Morgan fingerprint density at radius 3 is 2.32 bits per heavy atom. The molecule has 0 unspecified atom stereocenters. The summed E-state index contributed by atoms with van der Waals surface area (Å²) >= 11 is -0.439. The maximum atomic E-state index is 11.3. The topological polar surface area (TPSA) is 37.3 Å². The standard InChI is InChI=1S/C19H20IO2/c21-19(22)17-8-4-5-9-18(17)20-16-12-10-15(11-13-16)14-6-2-1-3-7-14/h4-5,8-14H,1-3,6-7H2,(H,21,22)/q-1. The average Bonchev–Trinajstić information content (AvgIpc) is 2.57. The molecule has 0 saturated heterocycles. The molecule has 3 rings (SSSR count). The van der Waals surface area contributed by atoms with E-state index in [1.807, 2.05) is 12.1 Å². The van der Waals surface area contributed by atoms with Gasteiger partial charge < -0.3 is 0 Å². The molecule has 0 atom stereocenters. The quantitative estimate of drug-likeness (QED) is 0.782. The van der Waals surface area contributed by atoms with E-state index in [4.69, 9.17) is 0 Å². The zero-order valence-corrected chi connectivity index (χ0v) is 14.6. The molecule has 1 aliphatic rings. The molecule has 2 nitrogen and oxygen atoms in total. The molecular formula is C19H20IO2-. The van der Waals surface area contributed by atoms with Gasteiger partial charge in [0.05, 0.1) is 0 Å². The van der Waals surface area contributed by atoms with Crippen molar-refractivity contribution in [2.45, 2.75) is 38.0 Å². The van der Waals surface area contributed by atoms with Crippen molar-refractivity contribution in [3.63, 3.8) is 0 Å². The molecule has 1 saturated carbocycles. The molecule has 2 aromatic rings. The molecular weight excluding hydrogens is 387 g/mol. The summed E-state index contributed by atoms with van der Waals surface area (Å²) < 4.78 is 2.27. The SMILES string of the molecule is O=C(O)c1ccccc1[I-]c1ccc(C2CCCCC2)cc1. The van der Waals surface area contributed by atoms with Crippen molar-refractivity contribution >= 4 is 5.97 Å². The molecule has 1 fully saturated rings. The number of halogens is 1. The normalized spacial score (nSPS) is 15.8. The number of hydrogen-bond donors (Lipinski definition) is 1. The fourth-order valence-electron chi connectivity index (χ4n) is 3.07. The van der Waals surface area contributed by atoms with E-state index in [2.05, 4.69) is 24.3 Å². The van der Waals surface area contributed by atoms with Crippen molar-refractivity contribution in [3.8, 4) is 0 Å². The molecule has 2 aromatic carbocycles. The van der Waals surface area contributed by atoms with Gasteiger partial charge >= 0.3 is 142 Å². The van der Waals surface area contributed by atoms with Crippen molar-refractivity contribution in [1.82, 2.24) is 0 Å². The van der Waals surface area contributed by atoms with Gasteiger partial charge in [0.1, 0.15) is 0 Å². The van der Waals surface area contributed by atoms with Gasteiger partial charge in [-0.1, -0.05) is 0 Å². The zero-order chi connectivity index (χ0) is 15.4. The van der Waals surface area contributed by atoms with Crippen LogP contribution in [0.25, 0.3) is 0 Å². The molecule has 0 radical (unpaired) electrons. The maximum absolute atomic E-state index is 11.3. The predicted molar refractivity (Wildman–Crippen MR) is 83.1 cm³/mol. The number of benzene rings is 2. The van der Waals surface area contributed by atoms with E-state index in [1.165, 1.54) is 41.2 Å². The van der Waals surface area contributed by atoms with Crippen LogP contribution < -0.4 is 21.2 Å². The number of rotatable bonds is 4. The van der Waals surface area contributed by atoms with Crippen LogP contribution in [0.3, 0.4) is 0 Å². The summed E-state index contributed by atoms with van der Waals surface area (Å²) in [6.45, 7) is 0. The van der Waals surface area contributed by atoms with Gasteiger partial charge in [-0.25, -0.2) is 0 Å². The third kappa shape index (κ3) is 3.69. The minimum absolute atomic E-state index is 0.439. The minimum atomic E-state index is -0.825. The first-order valence-electron chi connectivity index (χ1n) is 7.81. The fourth-order valence-corrected chi connectivity index (χ4v) is 5.55. The molecule has 3 heteroatoms. The summed E-state index contributed by atoms with van der Waals surface area (Å²) in [5.41, 5.74) is 1.91. The monoisotopic (exact) mass is 407 g/mol. The third-order valence-electron chi connectivity index (χ3n) is 4.26. The summed E-state index contributed by atoms with van der Waals surface area (Å²) in [6, 6.07) is 16.3. The molecule has 116 valence electrons. The van der Waals surface area contributed by atoms with Crippen molar-refractivity contribution < 1.29 is 31.1 Å². The van der Waals surface area contributed by atoms with Crippen LogP contribution in [0.2, 0.25) is 0 Å². The number of carboxylic acid groups (broad SMARTS) is 1. The van der Waals surface area contributed by atoms with E-state index in [0.29, 0.717) is 5.56 Å². The second kappa shape index (κ2) is 7.27. The number of carbonyl (C=O) groups is 1. The van der Waals surface area contributed by atoms with Crippen LogP contribution in [0, 0.1) is 7.14 Å². The van der Waals surface area contributed by atoms with E-state index in [0.717, 1.165) is 9.49 Å². The third-order valence-corrected chi connectivity index (χ3v) is 7.13. The first-order chi connectivity index (χ1) is 10.7. The van der Waals surface area contributed by atoms with Crippen LogP contribution >= 0.6 is 0 Å². The van der Waals surface area contributed by atoms with Gasteiger partial charge in [-0.3, -0.25) is 0 Å². The molecule has 0 amide bonds. The first kappa shape index (κ1) is 15.5. The van der Waals surface area contributed by atoms with Crippen LogP contribution in [0.15, 0.2) is 48.5 Å². The number of carboxylic acids is 1. The van der Waals surface area contributed by atoms with Crippen molar-refractivity contribution in [1.29, 1.82) is 0 Å². The molecule has 0 aliphatic heterocycles. The number of hydrogen-bond acceptors (Lipinski definition) is 1. The zero-order valence-electron chi connectivity index (χ0n) is 12.5. The molecule has 0 bridgehead atoms. The Morgan fingerprint density at radius 2 is 1.64 bits per heavy atom. The van der Waals surface area contributed by atoms with Crippen molar-refractivity contribution in [2.75, 3.05) is 0 Å². The summed E-state index contributed by atoms with van der Waals surface area (Å²) in [5, 5.41) is 9.28. The fraction of sp³-hybridized carbons (Fsp3) is 0.316. The average molecular weight is 407 g/mol. The van der Waals surface area contributed by atoms with Crippen LogP contribution in [0.4, 0.5) is 0 Å². The Kier molecular flexibility index (Phi) is 5.13. The van der Waals surface area contributed by atoms with Gasteiger partial charge in [-0.2, -0.15) is 0 Å². The van der Waals surface area contributed by atoms with Gasteiger partial charge in [0.2, 0.25) is 0 Å². The van der Waals surface area contributed by atoms with Crippen molar-refractivity contribution in [3.05, 3.63) is 66.8 Å². The Labute approximate surface area is 141 Å². The van der Waals surface area contributed by atoms with E-state index in [9.17, 15) is 9.90 Å². The Balaban J connectivity index is 1.75. The first-order valence-corrected chi connectivity index (χ1v) is 9.97. The van der Waals surface area contributed by atoms with Gasteiger partial charge in [0.15, 0.2) is 0 Å². The summed E-state index contributed by atoms with van der Waals surface area (Å²) in [6.07, 6.45) is 6.72. The Morgan fingerprint density at radius 1 is 0.955 bits per heavy atom. The van der Waals surface area contributed by atoms with Crippen LogP contribution in [0.5, 0.6) is 0 Å². The molecule has 1 N–H and O–H groups in total. The summed E-state index contributed by atoms with van der Waals surface area (Å²) in [5.74, 6) is -0.0959. The molecule has 22 heavy (non-hydrogen) atoms. The Hall–Kier alpha value is -1.36. The van der Waals surface area contributed by atoms with Gasteiger partial charge in [-0.05, 0) is 0 Å². The van der Waals surface area contributed by atoms with E-state index < -0.39 is 27.2 Å². The number of aromatic carboxylic acids is 1. The molecule has 0 aromatic heterocycles.